The average Bonchev–Trinajstić information content (AvgIpc) is 2.60. The second kappa shape index (κ2) is 6.06. The minimum Gasteiger partial charge on any atom is -0.372 e. The lowest BCUT2D eigenvalue weighted by Crippen LogP contribution is -2.34. The monoisotopic (exact) mass is 261 g/mol. The summed E-state index contributed by atoms with van der Waals surface area (Å²) in [5.74, 6) is 0. The molecule has 0 bridgehead atoms. The first kappa shape index (κ1) is 14.5. The lowest BCUT2D eigenvalue weighted by Gasteiger charge is -2.29. The fraction of sp³-hybridized carbons (Fsp3) is 0.647. The third-order valence-electron chi connectivity index (χ3n) is 4.54. The zero-order chi connectivity index (χ0) is 13.9. The quantitative estimate of drug-likeness (QED) is 0.894. The molecule has 0 spiro atoms. The molecule has 1 aromatic carbocycles. The maximum absolute atomic E-state index is 6.23. The van der Waals surface area contributed by atoms with Crippen molar-refractivity contribution in [2.75, 3.05) is 19.7 Å². The minimum atomic E-state index is 0.193. The van der Waals surface area contributed by atoms with Crippen molar-refractivity contribution in [1.29, 1.82) is 0 Å². The molecule has 1 heterocycles. The highest BCUT2D eigenvalue weighted by molar-refractivity contribution is 5.30. The Bertz CT molecular complexity index is 403. The molecule has 1 aromatic rings. The highest BCUT2D eigenvalue weighted by Crippen LogP contribution is 2.31. The van der Waals surface area contributed by atoms with Gasteiger partial charge in [-0.15, -0.1) is 0 Å². The average molecular weight is 261 g/mol. The van der Waals surface area contributed by atoms with Gasteiger partial charge in [-0.3, -0.25) is 0 Å². The first-order chi connectivity index (χ1) is 9.08. The summed E-state index contributed by atoms with van der Waals surface area (Å²) in [6.07, 6.45) is 2.55. The van der Waals surface area contributed by atoms with E-state index in [1.54, 1.807) is 0 Å². The lowest BCUT2D eigenvalue weighted by molar-refractivity contribution is 0.0102. The molecule has 2 heteroatoms. The van der Waals surface area contributed by atoms with Gasteiger partial charge >= 0.3 is 0 Å². The van der Waals surface area contributed by atoms with Crippen LogP contribution in [0.4, 0.5) is 0 Å². The number of hydrogen-bond donors (Lipinski definition) is 1. The van der Waals surface area contributed by atoms with Gasteiger partial charge in [0.15, 0.2) is 0 Å². The fourth-order valence-corrected chi connectivity index (χ4v) is 2.97. The van der Waals surface area contributed by atoms with Gasteiger partial charge in [0, 0.05) is 18.5 Å². The van der Waals surface area contributed by atoms with Gasteiger partial charge in [0.2, 0.25) is 0 Å². The van der Waals surface area contributed by atoms with E-state index < -0.39 is 0 Å². The van der Waals surface area contributed by atoms with E-state index in [4.69, 9.17) is 4.74 Å². The summed E-state index contributed by atoms with van der Waals surface area (Å²) >= 11 is 0. The van der Waals surface area contributed by atoms with E-state index in [-0.39, 0.29) is 6.10 Å². The lowest BCUT2D eigenvalue weighted by atomic mass is 9.83. The van der Waals surface area contributed by atoms with Gasteiger partial charge in [0.25, 0.3) is 0 Å². The van der Waals surface area contributed by atoms with Crippen LogP contribution in [0.5, 0.6) is 0 Å². The van der Waals surface area contributed by atoms with Crippen molar-refractivity contribution in [3.8, 4) is 0 Å². The smallest absolute Gasteiger partial charge is 0.0949 e. The van der Waals surface area contributed by atoms with E-state index in [0.29, 0.717) is 5.41 Å². The molecular formula is C17H27NO. The van der Waals surface area contributed by atoms with E-state index in [0.717, 1.165) is 19.7 Å². The standard InChI is InChI=1S/C17H27NO/c1-5-17(6-2)11-18-10-16(19-12-17)15-8-13(3)7-14(4)9-15/h7-9,16,18H,5-6,10-12H2,1-4H3. The summed E-state index contributed by atoms with van der Waals surface area (Å²) in [5.41, 5.74) is 4.27. The SMILES string of the molecule is CCC1(CC)CNCC(c2cc(C)cc(C)c2)OC1. The Balaban J connectivity index is 2.14. The molecule has 0 amide bonds. The highest BCUT2D eigenvalue weighted by Gasteiger charge is 2.31. The molecule has 0 aromatic heterocycles. The van der Waals surface area contributed by atoms with Gasteiger partial charge in [-0.25, -0.2) is 0 Å². The van der Waals surface area contributed by atoms with Crippen molar-refractivity contribution < 1.29 is 4.74 Å². The van der Waals surface area contributed by atoms with Gasteiger partial charge in [-0.05, 0) is 32.3 Å². The van der Waals surface area contributed by atoms with Crippen LogP contribution in [0.25, 0.3) is 0 Å². The van der Waals surface area contributed by atoms with Crippen molar-refractivity contribution >= 4 is 0 Å². The van der Waals surface area contributed by atoms with Crippen molar-refractivity contribution in [2.45, 2.75) is 46.6 Å². The van der Waals surface area contributed by atoms with Crippen LogP contribution in [0, 0.1) is 19.3 Å². The van der Waals surface area contributed by atoms with Gasteiger partial charge in [0.05, 0.1) is 12.7 Å². The molecule has 0 radical (unpaired) electrons. The number of benzene rings is 1. The molecule has 1 unspecified atom stereocenters. The normalized spacial score (nSPS) is 23.1. The van der Waals surface area contributed by atoms with Gasteiger partial charge in [-0.2, -0.15) is 0 Å². The first-order valence-corrected chi connectivity index (χ1v) is 7.49. The summed E-state index contributed by atoms with van der Waals surface area (Å²) in [5, 5.41) is 3.60. The fourth-order valence-electron chi connectivity index (χ4n) is 2.97. The molecule has 106 valence electrons. The summed E-state index contributed by atoms with van der Waals surface area (Å²) in [7, 11) is 0. The van der Waals surface area contributed by atoms with Gasteiger partial charge in [0.1, 0.15) is 0 Å². The molecule has 1 atom stereocenters. The number of ether oxygens (including phenoxy) is 1. The molecule has 0 saturated carbocycles. The zero-order valence-electron chi connectivity index (χ0n) is 12.8. The first-order valence-electron chi connectivity index (χ1n) is 7.49. The van der Waals surface area contributed by atoms with E-state index in [1.807, 2.05) is 0 Å². The van der Waals surface area contributed by atoms with Crippen LogP contribution < -0.4 is 5.32 Å². The van der Waals surface area contributed by atoms with Crippen LogP contribution in [-0.2, 0) is 4.74 Å². The maximum atomic E-state index is 6.23. The molecule has 19 heavy (non-hydrogen) atoms. The Labute approximate surface area is 117 Å². The largest absolute Gasteiger partial charge is 0.372 e. The van der Waals surface area contributed by atoms with Crippen molar-refractivity contribution in [3.05, 3.63) is 34.9 Å². The second-order valence-corrected chi connectivity index (χ2v) is 6.06. The van der Waals surface area contributed by atoms with E-state index >= 15 is 0 Å². The Hall–Kier alpha value is -0.860. The second-order valence-electron chi connectivity index (χ2n) is 6.06. The summed E-state index contributed by atoms with van der Waals surface area (Å²) in [6, 6.07) is 6.73. The van der Waals surface area contributed by atoms with Crippen LogP contribution >= 0.6 is 0 Å². The minimum absolute atomic E-state index is 0.193. The summed E-state index contributed by atoms with van der Waals surface area (Å²) in [4.78, 5) is 0. The molecule has 1 saturated heterocycles. The van der Waals surface area contributed by atoms with Crippen LogP contribution in [0.15, 0.2) is 18.2 Å². The molecule has 2 rings (SSSR count). The Morgan fingerprint density at radius 1 is 1.16 bits per heavy atom. The van der Waals surface area contributed by atoms with Crippen LogP contribution in [0.1, 0.15) is 49.5 Å². The number of nitrogens with one attached hydrogen (secondary N) is 1. The molecule has 1 N–H and O–H groups in total. The number of hydrogen-bond acceptors (Lipinski definition) is 2. The maximum Gasteiger partial charge on any atom is 0.0949 e. The van der Waals surface area contributed by atoms with Crippen molar-refractivity contribution in [2.24, 2.45) is 5.41 Å². The summed E-state index contributed by atoms with van der Waals surface area (Å²) in [6.45, 7) is 11.7. The van der Waals surface area contributed by atoms with Crippen LogP contribution in [-0.4, -0.2) is 19.7 Å². The number of aryl methyl sites for hydroxylation is 2. The third kappa shape index (κ3) is 3.37. The molecule has 1 aliphatic rings. The third-order valence-corrected chi connectivity index (χ3v) is 4.54. The molecule has 0 aliphatic carbocycles. The van der Waals surface area contributed by atoms with E-state index in [9.17, 15) is 0 Å². The zero-order valence-corrected chi connectivity index (χ0v) is 12.8. The molecule has 2 nitrogen and oxygen atoms in total. The van der Waals surface area contributed by atoms with Gasteiger partial charge < -0.3 is 10.1 Å². The molecular weight excluding hydrogens is 234 g/mol. The van der Waals surface area contributed by atoms with E-state index in [1.165, 1.54) is 29.5 Å². The summed E-state index contributed by atoms with van der Waals surface area (Å²) < 4.78 is 6.23. The molecule has 1 fully saturated rings. The van der Waals surface area contributed by atoms with Crippen molar-refractivity contribution in [3.63, 3.8) is 0 Å². The Morgan fingerprint density at radius 3 is 2.37 bits per heavy atom. The number of rotatable bonds is 3. The van der Waals surface area contributed by atoms with Gasteiger partial charge in [-0.1, -0.05) is 43.2 Å². The highest BCUT2D eigenvalue weighted by atomic mass is 16.5. The Morgan fingerprint density at radius 2 is 1.79 bits per heavy atom. The molecule has 1 aliphatic heterocycles. The van der Waals surface area contributed by atoms with E-state index in [2.05, 4.69) is 51.2 Å². The topological polar surface area (TPSA) is 21.3 Å². The van der Waals surface area contributed by atoms with Crippen molar-refractivity contribution in [1.82, 2.24) is 5.32 Å². The van der Waals surface area contributed by atoms with Crippen LogP contribution in [0.2, 0.25) is 0 Å². The predicted molar refractivity (Wildman–Crippen MR) is 80.5 cm³/mol. The van der Waals surface area contributed by atoms with Crippen LogP contribution in [0.3, 0.4) is 0 Å². The Kier molecular flexibility index (Phi) is 4.64. The predicted octanol–water partition coefficient (Wildman–Crippen LogP) is 3.77.